The average Bonchev–Trinajstić information content (AvgIpc) is 2.71. The molecular weight excluding hydrogens is 216 g/mol. The molecule has 0 aromatic heterocycles. The van der Waals surface area contributed by atoms with E-state index in [1.807, 2.05) is 0 Å². The molecule has 2 rings (SSSR count). The molecule has 1 aliphatic carbocycles. The Balaban J connectivity index is 1.72. The molecule has 1 spiro atoms. The molecule has 1 unspecified atom stereocenters. The molecule has 1 aliphatic heterocycles. The second-order valence-corrected chi connectivity index (χ2v) is 5.53. The van der Waals surface area contributed by atoms with Crippen molar-refractivity contribution in [2.45, 2.75) is 69.5 Å². The summed E-state index contributed by atoms with van der Waals surface area (Å²) in [5, 5.41) is 0. The molecule has 2 aliphatic rings. The largest absolute Gasteiger partial charge is 0.377 e. The zero-order valence-electron chi connectivity index (χ0n) is 10.9. The van der Waals surface area contributed by atoms with Gasteiger partial charge in [-0.3, -0.25) is 4.79 Å². The van der Waals surface area contributed by atoms with E-state index in [1.54, 1.807) is 7.11 Å². The van der Waals surface area contributed by atoms with Crippen LogP contribution in [-0.4, -0.2) is 31.2 Å². The second kappa shape index (κ2) is 5.96. The van der Waals surface area contributed by atoms with E-state index in [9.17, 15) is 4.79 Å². The first kappa shape index (κ1) is 13.0. The first-order valence-electron chi connectivity index (χ1n) is 6.93. The topological polar surface area (TPSA) is 35.5 Å². The summed E-state index contributed by atoms with van der Waals surface area (Å²) in [5.41, 5.74) is 0.188. The summed E-state index contributed by atoms with van der Waals surface area (Å²) in [6.45, 7) is 0.248. The van der Waals surface area contributed by atoms with Crippen LogP contribution in [0.2, 0.25) is 0 Å². The van der Waals surface area contributed by atoms with Gasteiger partial charge in [0.05, 0.1) is 11.7 Å². The van der Waals surface area contributed by atoms with Gasteiger partial charge < -0.3 is 9.47 Å². The number of ketones is 1. The van der Waals surface area contributed by atoms with Crippen molar-refractivity contribution in [1.82, 2.24) is 0 Å². The molecule has 0 N–H and O–H groups in total. The SMILES string of the molecule is COCC(=O)CCC1CCC2(CCCCC2)O1. The lowest BCUT2D eigenvalue weighted by Crippen LogP contribution is -2.31. The van der Waals surface area contributed by atoms with Gasteiger partial charge in [0.2, 0.25) is 0 Å². The van der Waals surface area contributed by atoms with Gasteiger partial charge in [-0.15, -0.1) is 0 Å². The van der Waals surface area contributed by atoms with Gasteiger partial charge in [-0.25, -0.2) is 0 Å². The maximum absolute atomic E-state index is 11.4. The van der Waals surface area contributed by atoms with Gasteiger partial charge >= 0.3 is 0 Å². The molecule has 17 heavy (non-hydrogen) atoms. The van der Waals surface area contributed by atoms with Gasteiger partial charge in [-0.05, 0) is 32.1 Å². The third-order valence-corrected chi connectivity index (χ3v) is 4.15. The molecule has 0 radical (unpaired) electrons. The lowest BCUT2D eigenvalue weighted by Gasteiger charge is -2.33. The first-order valence-corrected chi connectivity index (χ1v) is 6.93. The zero-order valence-corrected chi connectivity index (χ0v) is 10.9. The Morgan fingerprint density at radius 2 is 2.06 bits per heavy atom. The van der Waals surface area contributed by atoms with Crippen molar-refractivity contribution in [3.63, 3.8) is 0 Å². The van der Waals surface area contributed by atoms with Crippen LogP contribution < -0.4 is 0 Å². The van der Waals surface area contributed by atoms with E-state index in [-0.39, 0.29) is 18.0 Å². The van der Waals surface area contributed by atoms with Gasteiger partial charge in [0.1, 0.15) is 6.61 Å². The molecule has 3 heteroatoms. The summed E-state index contributed by atoms with van der Waals surface area (Å²) in [7, 11) is 1.57. The van der Waals surface area contributed by atoms with Crippen molar-refractivity contribution in [3.8, 4) is 0 Å². The normalized spacial score (nSPS) is 27.5. The van der Waals surface area contributed by atoms with Gasteiger partial charge in [0.25, 0.3) is 0 Å². The number of hydrogen-bond acceptors (Lipinski definition) is 3. The fraction of sp³-hybridized carbons (Fsp3) is 0.929. The van der Waals surface area contributed by atoms with Crippen LogP contribution in [0.1, 0.15) is 57.8 Å². The van der Waals surface area contributed by atoms with Crippen molar-refractivity contribution in [2.75, 3.05) is 13.7 Å². The Kier molecular flexibility index (Phi) is 4.57. The second-order valence-electron chi connectivity index (χ2n) is 5.53. The minimum atomic E-state index is 0.188. The Morgan fingerprint density at radius 1 is 1.29 bits per heavy atom. The predicted molar refractivity (Wildman–Crippen MR) is 66.0 cm³/mol. The highest BCUT2D eigenvalue weighted by Crippen LogP contribution is 2.42. The van der Waals surface area contributed by atoms with Crippen molar-refractivity contribution >= 4 is 5.78 Å². The number of methoxy groups -OCH3 is 1. The molecule has 1 saturated heterocycles. The van der Waals surface area contributed by atoms with Gasteiger partial charge in [-0.2, -0.15) is 0 Å². The lowest BCUT2D eigenvalue weighted by atomic mass is 9.83. The summed E-state index contributed by atoms with van der Waals surface area (Å²) in [6.07, 6.45) is 10.6. The average molecular weight is 240 g/mol. The Bertz CT molecular complexity index is 256. The van der Waals surface area contributed by atoms with Crippen molar-refractivity contribution in [2.24, 2.45) is 0 Å². The van der Waals surface area contributed by atoms with E-state index in [2.05, 4.69) is 0 Å². The van der Waals surface area contributed by atoms with E-state index < -0.39 is 0 Å². The minimum Gasteiger partial charge on any atom is -0.377 e. The van der Waals surface area contributed by atoms with Crippen LogP contribution in [0.4, 0.5) is 0 Å². The van der Waals surface area contributed by atoms with Crippen LogP contribution in [0.25, 0.3) is 0 Å². The molecule has 0 amide bonds. The first-order chi connectivity index (χ1) is 8.24. The van der Waals surface area contributed by atoms with Gasteiger partial charge in [-0.1, -0.05) is 19.3 Å². The molecule has 0 aromatic rings. The number of ether oxygens (including phenoxy) is 2. The zero-order chi connectivity index (χ0) is 12.1. The molecule has 1 heterocycles. The van der Waals surface area contributed by atoms with E-state index in [0.29, 0.717) is 12.5 Å². The van der Waals surface area contributed by atoms with Crippen LogP contribution in [0, 0.1) is 0 Å². The lowest BCUT2D eigenvalue weighted by molar-refractivity contribution is -0.124. The number of rotatable bonds is 5. The summed E-state index contributed by atoms with van der Waals surface area (Å²) in [5.74, 6) is 0.195. The Morgan fingerprint density at radius 3 is 2.76 bits per heavy atom. The molecular formula is C14H24O3. The van der Waals surface area contributed by atoms with Crippen molar-refractivity contribution in [1.29, 1.82) is 0 Å². The summed E-state index contributed by atoms with van der Waals surface area (Å²) in [6, 6.07) is 0. The van der Waals surface area contributed by atoms with Crippen LogP contribution in [-0.2, 0) is 14.3 Å². The molecule has 1 atom stereocenters. The molecule has 3 nitrogen and oxygen atoms in total. The number of carbonyl (C=O) groups is 1. The highest BCUT2D eigenvalue weighted by molar-refractivity contribution is 5.79. The van der Waals surface area contributed by atoms with Crippen molar-refractivity contribution < 1.29 is 14.3 Å². The quantitative estimate of drug-likeness (QED) is 0.741. The van der Waals surface area contributed by atoms with E-state index in [4.69, 9.17) is 9.47 Å². The molecule has 0 aromatic carbocycles. The molecule has 0 bridgehead atoms. The number of carbonyl (C=O) groups excluding carboxylic acids is 1. The van der Waals surface area contributed by atoms with Gasteiger partial charge in [0.15, 0.2) is 5.78 Å². The molecule has 2 fully saturated rings. The van der Waals surface area contributed by atoms with Gasteiger partial charge in [0, 0.05) is 13.5 Å². The third kappa shape index (κ3) is 3.52. The fourth-order valence-electron chi connectivity index (χ4n) is 3.22. The molecule has 98 valence electrons. The monoisotopic (exact) mass is 240 g/mol. The van der Waals surface area contributed by atoms with E-state index in [1.165, 1.54) is 38.5 Å². The summed E-state index contributed by atoms with van der Waals surface area (Å²) in [4.78, 5) is 11.4. The van der Waals surface area contributed by atoms with E-state index in [0.717, 1.165) is 12.8 Å². The Hall–Kier alpha value is -0.410. The molecule has 1 saturated carbocycles. The standard InChI is InChI=1S/C14H24O3/c1-16-11-12(15)5-6-13-7-10-14(17-13)8-3-2-4-9-14/h13H,2-11H2,1H3. The van der Waals surface area contributed by atoms with E-state index >= 15 is 0 Å². The maximum atomic E-state index is 11.4. The minimum absolute atomic E-state index is 0.188. The van der Waals surface area contributed by atoms with Crippen LogP contribution >= 0.6 is 0 Å². The van der Waals surface area contributed by atoms with Crippen LogP contribution in [0.3, 0.4) is 0 Å². The Labute approximate surface area is 104 Å². The van der Waals surface area contributed by atoms with Crippen LogP contribution in [0.15, 0.2) is 0 Å². The summed E-state index contributed by atoms with van der Waals surface area (Å²) < 4.78 is 11.1. The fourth-order valence-corrected chi connectivity index (χ4v) is 3.22. The third-order valence-electron chi connectivity index (χ3n) is 4.15. The van der Waals surface area contributed by atoms with Crippen molar-refractivity contribution in [3.05, 3.63) is 0 Å². The maximum Gasteiger partial charge on any atom is 0.158 e. The highest BCUT2D eigenvalue weighted by atomic mass is 16.5. The number of Topliss-reactive ketones (excluding diaryl/α,β-unsaturated/α-hetero) is 1. The van der Waals surface area contributed by atoms with Crippen LogP contribution in [0.5, 0.6) is 0 Å². The highest BCUT2D eigenvalue weighted by Gasteiger charge is 2.40. The predicted octanol–water partition coefficient (Wildman–Crippen LogP) is 2.86. The summed E-state index contributed by atoms with van der Waals surface area (Å²) >= 11 is 0. The number of hydrogen-bond donors (Lipinski definition) is 0. The smallest absolute Gasteiger partial charge is 0.158 e.